The minimum atomic E-state index is -0.491. The first kappa shape index (κ1) is 7.47. The molecule has 1 atom stereocenters. The molecule has 0 saturated carbocycles. The van der Waals surface area contributed by atoms with Gasteiger partial charge in [-0.2, -0.15) is 0 Å². The molecular formula is C6H11NO3. The molecule has 1 saturated heterocycles. The lowest BCUT2D eigenvalue weighted by Gasteiger charge is -2.13. The standard InChI is InChI=1S/C6H11NO3/c1-6(2)3-5(4-10-6)7(8)9/h5H,3-4H2,1-2H3. The van der Waals surface area contributed by atoms with Crippen LogP contribution in [0.5, 0.6) is 0 Å². The van der Waals surface area contributed by atoms with Gasteiger partial charge in [-0.15, -0.1) is 0 Å². The smallest absolute Gasteiger partial charge is 0.238 e. The van der Waals surface area contributed by atoms with Crippen LogP contribution in [0.3, 0.4) is 0 Å². The SMILES string of the molecule is CC1(C)CC([N+](=O)[O-])CO1. The van der Waals surface area contributed by atoms with E-state index in [-0.39, 0.29) is 17.1 Å². The summed E-state index contributed by atoms with van der Waals surface area (Å²) in [5.41, 5.74) is -0.294. The highest BCUT2D eigenvalue weighted by Crippen LogP contribution is 2.25. The minimum absolute atomic E-state index is 0.264. The van der Waals surface area contributed by atoms with E-state index in [1.807, 2.05) is 13.8 Å². The molecule has 0 aliphatic carbocycles. The molecule has 1 unspecified atom stereocenters. The van der Waals surface area contributed by atoms with E-state index in [1.165, 1.54) is 0 Å². The number of hydrogen-bond donors (Lipinski definition) is 0. The van der Waals surface area contributed by atoms with Gasteiger partial charge in [-0.3, -0.25) is 10.1 Å². The summed E-state index contributed by atoms with van der Waals surface area (Å²) in [6.07, 6.45) is 0.528. The Labute approximate surface area is 59.3 Å². The summed E-state index contributed by atoms with van der Waals surface area (Å²) >= 11 is 0. The number of ether oxygens (including phenoxy) is 1. The van der Waals surface area contributed by atoms with Gasteiger partial charge in [-0.1, -0.05) is 0 Å². The Morgan fingerprint density at radius 1 is 1.70 bits per heavy atom. The molecule has 0 spiro atoms. The monoisotopic (exact) mass is 145 g/mol. The van der Waals surface area contributed by atoms with E-state index in [1.54, 1.807) is 0 Å². The van der Waals surface area contributed by atoms with Crippen LogP contribution in [0.25, 0.3) is 0 Å². The zero-order valence-electron chi connectivity index (χ0n) is 6.16. The van der Waals surface area contributed by atoms with Crippen LogP contribution in [0.1, 0.15) is 20.3 Å². The van der Waals surface area contributed by atoms with Gasteiger partial charge >= 0.3 is 0 Å². The summed E-state index contributed by atoms with van der Waals surface area (Å²) in [6.45, 7) is 4.01. The maximum atomic E-state index is 10.2. The molecule has 0 aromatic rings. The second-order valence-electron chi connectivity index (χ2n) is 3.21. The molecule has 10 heavy (non-hydrogen) atoms. The van der Waals surface area contributed by atoms with Crippen molar-refractivity contribution in [3.8, 4) is 0 Å². The summed E-state index contributed by atoms with van der Waals surface area (Å²) in [5.74, 6) is 0. The van der Waals surface area contributed by atoms with Crippen molar-refractivity contribution in [1.82, 2.24) is 0 Å². The Kier molecular flexibility index (Phi) is 1.64. The molecule has 1 heterocycles. The summed E-state index contributed by atoms with van der Waals surface area (Å²) in [4.78, 5) is 9.95. The molecule has 1 rings (SSSR count). The molecule has 4 heteroatoms. The van der Waals surface area contributed by atoms with E-state index in [0.29, 0.717) is 6.42 Å². The van der Waals surface area contributed by atoms with Gasteiger partial charge in [-0.05, 0) is 13.8 Å². The van der Waals surface area contributed by atoms with Crippen LogP contribution in [-0.2, 0) is 4.74 Å². The zero-order valence-corrected chi connectivity index (χ0v) is 6.16. The molecule has 1 aliphatic heterocycles. The summed E-state index contributed by atoms with van der Waals surface area (Å²) in [5, 5.41) is 10.2. The minimum Gasteiger partial charge on any atom is -0.368 e. The van der Waals surface area contributed by atoms with Gasteiger partial charge in [0, 0.05) is 11.3 Å². The third-order valence-corrected chi connectivity index (χ3v) is 1.69. The first-order valence-corrected chi connectivity index (χ1v) is 3.29. The fourth-order valence-electron chi connectivity index (χ4n) is 1.14. The van der Waals surface area contributed by atoms with Crippen molar-refractivity contribution < 1.29 is 9.66 Å². The summed E-state index contributed by atoms with van der Waals surface area (Å²) in [6, 6.07) is -0.491. The highest BCUT2D eigenvalue weighted by Gasteiger charge is 2.38. The lowest BCUT2D eigenvalue weighted by Crippen LogP contribution is -2.21. The quantitative estimate of drug-likeness (QED) is 0.405. The highest BCUT2D eigenvalue weighted by molar-refractivity contribution is 4.80. The highest BCUT2D eigenvalue weighted by atomic mass is 16.6. The average molecular weight is 145 g/mol. The maximum absolute atomic E-state index is 10.2. The van der Waals surface area contributed by atoms with Crippen LogP contribution in [-0.4, -0.2) is 23.2 Å². The summed E-state index contributed by atoms with van der Waals surface area (Å²) in [7, 11) is 0. The number of nitro groups is 1. The van der Waals surface area contributed by atoms with Crippen LogP contribution >= 0.6 is 0 Å². The Hall–Kier alpha value is -0.640. The molecule has 0 amide bonds. The number of rotatable bonds is 1. The fraction of sp³-hybridized carbons (Fsp3) is 1.00. The van der Waals surface area contributed by atoms with Crippen LogP contribution in [0.15, 0.2) is 0 Å². The first-order chi connectivity index (χ1) is 4.51. The number of hydrogen-bond acceptors (Lipinski definition) is 3. The Balaban J connectivity index is 2.51. The molecule has 0 aromatic carbocycles. The van der Waals surface area contributed by atoms with Crippen molar-refractivity contribution in [3.63, 3.8) is 0 Å². The third-order valence-electron chi connectivity index (χ3n) is 1.69. The van der Waals surface area contributed by atoms with Gasteiger partial charge in [0.1, 0.15) is 6.61 Å². The van der Waals surface area contributed by atoms with Crippen molar-refractivity contribution in [1.29, 1.82) is 0 Å². The van der Waals surface area contributed by atoms with E-state index in [4.69, 9.17) is 4.74 Å². The Morgan fingerprint density at radius 2 is 2.30 bits per heavy atom. The first-order valence-electron chi connectivity index (χ1n) is 3.29. The van der Waals surface area contributed by atoms with Gasteiger partial charge in [-0.25, -0.2) is 0 Å². The van der Waals surface area contributed by atoms with E-state index in [2.05, 4.69) is 0 Å². The molecular weight excluding hydrogens is 134 g/mol. The van der Waals surface area contributed by atoms with Crippen LogP contribution in [0.4, 0.5) is 0 Å². The van der Waals surface area contributed by atoms with Crippen LogP contribution < -0.4 is 0 Å². The largest absolute Gasteiger partial charge is 0.368 e. The molecule has 0 N–H and O–H groups in total. The predicted octanol–water partition coefficient (Wildman–Crippen LogP) is 0.831. The van der Waals surface area contributed by atoms with Gasteiger partial charge < -0.3 is 4.74 Å². The van der Waals surface area contributed by atoms with Crippen molar-refractivity contribution in [2.75, 3.05) is 6.61 Å². The summed E-state index contributed by atoms with van der Waals surface area (Å²) < 4.78 is 5.17. The normalized spacial score (nSPS) is 30.4. The Bertz CT molecular complexity index is 155. The van der Waals surface area contributed by atoms with E-state index < -0.39 is 6.04 Å². The van der Waals surface area contributed by atoms with E-state index >= 15 is 0 Å². The van der Waals surface area contributed by atoms with E-state index in [0.717, 1.165) is 0 Å². The fourth-order valence-corrected chi connectivity index (χ4v) is 1.14. The lowest BCUT2D eigenvalue weighted by atomic mass is 10.0. The molecule has 0 radical (unpaired) electrons. The predicted molar refractivity (Wildman–Crippen MR) is 35.4 cm³/mol. The number of nitrogens with zero attached hydrogens (tertiary/aromatic N) is 1. The molecule has 58 valence electrons. The Morgan fingerprint density at radius 3 is 2.50 bits per heavy atom. The maximum Gasteiger partial charge on any atom is 0.238 e. The van der Waals surface area contributed by atoms with E-state index in [9.17, 15) is 10.1 Å². The van der Waals surface area contributed by atoms with Gasteiger partial charge in [0.05, 0.1) is 5.60 Å². The van der Waals surface area contributed by atoms with Crippen LogP contribution in [0.2, 0.25) is 0 Å². The lowest BCUT2D eigenvalue weighted by molar-refractivity contribution is -0.519. The van der Waals surface area contributed by atoms with Gasteiger partial charge in [0.15, 0.2) is 0 Å². The molecule has 1 fully saturated rings. The average Bonchev–Trinajstić information content (AvgIpc) is 2.10. The zero-order chi connectivity index (χ0) is 7.78. The van der Waals surface area contributed by atoms with Crippen LogP contribution in [0, 0.1) is 10.1 Å². The second kappa shape index (κ2) is 2.20. The van der Waals surface area contributed by atoms with Crippen molar-refractivity contribution in [3.05, 3.63) is 10.1 Å². The van der Waals surface area contributed by atoms with Crippen molar-refractivity contribution in [2.45, 2.75) is 31.9 Å². The molecule has 1 aliphatic rings. The van der Waals surface area contributed by atoms with Crippen molar-refractivity contribution >= 4 is 0 Å². The third kappa shape index (κ3) is 1.44. The second-order valence-corrected chi connectivity index (χ2v) is 3.21. The van der Waals surface area contributed by atoms with Gasteiger partial charge in [0.2, 0.25) is 6.04 Å². The molecule has 0 aromatic heterocycles. The topological polar surface area (TPSA) is 52.4 Å². The van der Waals surface area contributed by atoms with Crippen molar-refractivity contribution in [2.24, 2.45) is 0 Å². The molecule has 4 nitrogen and oxygen atoms in total. The van der Waals surface area contributed by atoms with Gasteiger partial charge in [0.25, 0.3) is 0 Å². The molecule has 0 bridgehead atoms.